The molecule has 1 amide bonds. The summed E-state index contributed by atoms with van der Waals surface area (Å²) in [5, 5.41) is 24.6. The summed E-state index contributed by atoms with van der Waals surface area (Å²) in [6.45, 7) is 5.11. The van der Waals surface area contributed by atoms with Gasteiger partial charge in [-0.2, -0.15) is 10.2 Å². The lowest BCUT2D eigenvalue weighted by atomic mass is 10.0. The lowest BCUT2D eigenvalue weighted by molar-refractivity contribution is -0.122. The minimum atomic E-state index is -0.250. The fourth-order valence-corrected chi connectivity index (χ4v) is 4.19. The fourth-order valence-electron chi connectivity index (χ4n) is 4.19. The van der Waals surface area contributed by atoms with Gasteiger partial charge in [-0.1, -0.05) is 12.1 Å². The van der Waals surface area contributed by atoms with Crippen molar-refractivity contribution in [2.24, 2.45) is 5.92 Å². The monoisotopic (exact) mass is 413 g/mol. The predicted molar refractivity (Wildman–Crippen MR) is 110 cm³/mol. The summed E-state index contributed by atoms with van der Waals surface area (Å²) in [7, 11) is 0. The molecule has 8 heteroatoms. The van der Waals surface area contributed by atoms with Crippen LogP contribution in [0.15, 0.2) is 30.5 Å². The van der Waals surface area contributed by atoms with E-state index in [2.05, 4.69) is 10.2 Å². The summed E-state index contributed by atoms with van der Waals surface area (Å²) in [5.74, 6) is 0.254. The first-order chi connectivity index (χ1) is 14.5. The van der Waals surface area contributed by atoms with Crippen molar-refractivity contribution >= 4 is 12.4 Å². The van der Waals surface area contributed by atoms with Crippen LogP contribution in [0.3, 0.4) is 0 Å². The van der Waals surface area contributed by atoms with E-state index in [-0.39, 0.29) is 37.0 Å². The SMILES string of the molecule is Cc1cnnc(-c2ccc(C(=O)N3CCOC4C[C@H](CO)C[C@@H]43)cc2)c1C.O=CO. The Labute approximate surface area is 175 Å². The number of ether oxygens (including phenoxy) is 1. The van der Waals surface area contributed by atoms with Crippen LogP contribution in [0.2, 0.25) is 0 Å². The normalized spacial score (nSPS) is 22.6. The van der Waals surface area contributed by atoms with Crippen molar-refractivity contribution < 1.29 is 24.5 Å². The smallest absolute Gasteiger partial charge is 0.290 e. The molecule has 0 spiro atoms. The van der Waals surface area contributed by atoms with Crippen molar-refractivity contribution in [1.82, 2.24) is 15.1 Å². The molecule has 2 heterocycles. The molecule has 1 unspecified atom stereocenters. The maximum atomic E-state index is 13.1. The molecule has 0 bridgehead atoms. The molecule has 2 aliphatic rings. The molecular weight excluding hydrogens is 386 g/mol. The van der Waals surface area contributed by atoms with Gasteiger partial charge in [0.25, 0.3) is 12.4 Å². The van der Waals surface area contributed by atoms with Crippen molar-refractivity contribution in [2.75, 3.05) is 19.8 Å². The molecule has 2 N–H and O–H groups in total. The van der Waals surface area contributed by atoms with Gasteiger partial charge in [-0.3, -0.25) is 9.59 Å². The van der Waals surface area contributed by atoms with Crippen LogP contribution in [0.25, 0.3) is 11.3 Å². The Morgan fingerprint density at radius 3 is 2.63 bits per heavy atom. The van der Waals surface area contributed by atoms with Crippen molar-refractivity contribution in [3.63, 3.8) is 0 Å². The van der Waals surface area contributed by atoms with Gasteiger partial charge >= 0.3 is 0 Å². The number of carbonyl (C=O) groups excluding carboxylic acids is 1. The van der Waals surface area contributed by atoms with Gasteiger partial charge in [0.1, 0.15) is 0 Å². The number of benzene rings is 1. The van der Waals surface area contributed by atoms with Gasteiger partial charge in [0.05, 0.1) is 30.6 Å². The number of carboxylic acid groups (broad SMARTS) is 1. The molecule has 1 saturated carbocycles. The zero-order valence-corrected chi connectivity index (χ0v) is 17.2. The van der Waals surface area contributed by atoms with Crippen LogP contribution < -0.4 is 0 Å². The number of hydrogen-bond donors (Lipinski definition) is 2. The number of hydrogen-bond acceptors (Lipinski definition) is 6. The number of amides is 1. The topological polar surface area (TPSA) is 113 Å². The molecule has 8 nitrogen and oxygen atoms in total. The third-order valence-corrected chi connectivity index (χ3v) is 5.91. The maximum absolute atomic E-state index is 13.1. The van der Waals surface area contributed by atoms with E-state index in [1.165, 1.54) is 0 Å². The van der Waals surface area contributed by atoms with Crippen molar-refractivity contribution in [3.8, 4) is 11.3 Å². The Hall–Kier alpha value is -2.84. The standard InChI is InChI=1S/C21H25N3O3.CH2O2/c1-13-11-22-23-20(14(13)2)16-3-5-17(6-4-16)21(26)24-7-8-27-19-10-15(12-25)9-18(19)24;2-1-3/h3-6,11,15,18-19,25H,7-10,12H2,1-2H3;1H,(H,2,3)/t15-,18+,19?;/m1./s1. The zero-order valence-electron chi connectivity index (χ0n) is 17.2. The number of nitrogens with zero attached hydrogens (tertiary/aromatic N) is 3. The zero-order chi connectivity index (χ0) is 21.7. The number of fused-ring (bicyclic) bond motifs is 1. The Morgan fingerprint density at radius 1 is 1.27 bits per heavy atom. The van der Waals surface area contributed by atoms with E-state index in [9.17, 15) is 9.90 Å². The van der Waals surface area contributed by atoms with Crippen LogP contribution in [0.1, 0.15) is 34.3 Å². The van der Waals surface area contributed by atoms with E-state index in [1.807, 2.05) is 43.0 Å². The highest BCUT2D eigenvalue weighted by molar-refractivity contribution is 5.95. The molecule has 0 radical (unpaired) electrons. The van der Waals surface area contributed by atoms with E-state index >= 15 is 0 Å². The fraction of sp³-hybridized carbons (Fsp3) is 0.455. The van der Waals surface area contributed by atoms with Crippen LogP contribution >= 0.6 is 0 Å². The Balaban J connectivity index is 0.000000806. The number of morpholine rings is 1. The number of rotatable bonds is 3. The van der Waals surface area contributed by atoms with E-state index in [0.29, 0.717) is 18.7 Å². The van der Waals surface area contributed by atoms with Crippen molar-refractivity contribution in [1.29, 1.82) is 0 Å². The average Bonchev–Trinajstić information content (AvgIpc) is 3.19. The molecule has 2 aromatic rings. The molecule has 2 fully saturated rings. The molecule has 1 saturated heterocycles. The summed E-state index contributed by atoms with van der Waals surface area (Å²) in [6, 6.07) is 7.67. The molecule has 1 aliphatic heterocycles. The van der Waals surface area contributed by atoms with Crippen LogP contribution in [0.4, 0.5) is 0 Å². The molecule has 160 valence electrons. The molecule has 1 aliphatic carbocycles. The molecule has 30 heavy (non-hydrogen) atoms. The van der Waals surface area contributed by atoms with Gasteiger partial charge in [-0.15, -0.1) is 0 Å². The first kappa shape index (κ1) is 21.9. The van der Waals surface area contributed by atoms with Crippen molar-refractivity contribution in [2.45, 2.75) is 38.8 Å². The summed E-state index contributed by atoms with van der Waals surface area (Å²) in [5.41, 5.74) is 4.67. The third kappa shape index (κ3) is 4.49. The second-order valence-corrected chi connectivity index (χ2v) is 7.68. The second kappa shape index (κ2) is 9.77. The van der Waals surface area contributed by atoms with Gasteiger partial charge in [0.15, 0.2) is 0 Å². The molecule has 4 rings (SSSR count). The van der Waals surface area contributed by atoms with Gasteiger partial charge in [0.2, 0.25) is 0 Å². The van der Waals surface area contributed by atoms with E-state index in [0.717, 1.165) is 35.2 Å². The first-order valence-electron chi connectivity index (χ1n) is 10.0. The second-order valence-electron chi connectivity index (χ2n) is 7.68. The number of aryl methyl sites for hydroxylation is 1. The minimum Gasteiger partial charge on any atom is -0.483 e. The van der Waals surface area contributed by atoms with Gasteiger partial charge in [-0.05, 0) is 55.9 Å². The molecular formula is C22H27N3O5. The highest BCUT2D eigenvalue weighted by Gasteiger charge is 2.42. The quantitative estimate of drug-likeness (QED) is 0.741. The Kier molecular flexibility index (Phi) is 7.12. The third-order valence-electron chi connectivity index (χ3n) is 5.91. The summed E-state index contributed by atoms with van der Waals surface area (Å²) in [6.07, 6.45) is 3.44. The van der Waals surface area contributed by atoms with E-state index < -0.39 is 0 Å². The van der Waals surface area contributed by atoms with Gasteiger partial charge in [-0.25, -0.2) is 0 Å². The lowest BCUT2D eigenvalue weighted by Crippen LogP contribution is -2.51. The van der Waals surface area contributed by atoms with E-state index in [1.54, 1.807) is 6.20 Å². The summed E-state index contributed by atoms with van der Waals surface area (Å²) < 4.78 is 5.83. The minimum absolute atomic E-state index is 0.0329. The predicted octanol–water partition coefficient (Wildman–Crippen LogP) is 2.07. The molecule has 3 atom stereocenters. The molecule has 1 aromatic carbocycles. The highest BCUT2D eigenvalue weighted by Crippen LogP contribution is 2.34. The summed E-state index contributed by atoms with van der Waals surface area (Å²) in [4.78, 5) is 23.4. The number of aliphatic hydroxyl groups excluding tert-OH is 1. The van der Waals surface area contributed by atoms with Crippen molar-refractivity contribution in [3.05, 3.63) is 47.2 Å². The number of aromatic nitrogens is 2. The van der Waals surface area contributed by atoms with Crippen LogP contribution in [-0.4, -0.2) is 69.6 Å². The van der Waals surface area contributed by atoms with Gasteiger partial charge < -0.3 is 19.8 Å². The van der Waals surface area contributed by atoms with E-state index in [4.69, 9.17) is 14.6 Å². The number of carbonyl (C=O) groups is 2. The highest BCUT2D eigenvalue weighted by atomic mass is 16.5. The lowest BCUT2D eigenvalue weighted by Gasteiger charge is -2.37. The van der Waals surface area contributed by atoms with Crippen LogP contribution in [0, 0.1) is 19.8 Å². The van der Waals surface area contributed by atoms with Crippen LogP contribution in [0.5, 0.6) is 0 Å². The maximum Gasteiger partial charge on any atom is 0.290 e. The average molecular weight is 413 g/mol. The van der Waals surface area contributed by atoms with Crippen LogP contribution in [-0.2, 0) is 9.53 Å². The first-order valence-corrected chi connectivity index (χ1v) is 10.0. The largest absolute Gasteiger partial charge is 0.483 e. The molecule has 1 aromatic heterocycles. The van der Waals surface area contributed by atoms with Gasteiger partial charge in [0, 0.05) is 24.3 Å². The Bertz CT molecular complexity index is 887. The summed E-state index contributed by atoms with van der Waals surface area (Å²) >= 11 is 0. The number of aliphatic hydroxyl groups is 1. The Morgan fingerprint density at radius 2 is 1.97 bits per heavy atom.